The summed E-state index contributed by atoms with van der Waals surface area (Å²) in [6, 6.07) is 0. The molecule has 1 fully saturated rings. The molecule has 0 spiro atoms. The van der Waals surface area contributed by atoms with E-state index in [9.17, 15) is 4.79 Å². The Bertz CT molecular complexity index is 260. The second-order valence-electron chi connectivity index (χ2n) is 5.96. The minimum Gasteiger partial charge on any atom is -0.444 e. The first-order valence-electron chi connectivity index (χ1n) is 6.42. The Morgan fingerprint density at radius 3 is 2.59 bits per heavy atom. The molecule has 1 rings (SSSR count). The SMILES string of the molecule is CC1CN(C(=O)OC(C)(C)C)CCC1CCO. The maximum absolute atomic E-state index is 11.9. The number of aliphatic hydroxyl groups is 1. The molecule has 0 aliphatic carbocycles. The number of ether oxygens (including phenoxy) is 1. The smallest absolute Gasteiger partial charge is 0.410 e. The van der Waals surface area contributed by atoms with Crippen LogP contribution in [-0.4, -0.2) is 41.4 Å². The van der Waals surface area contributed by atoms with Crippen molar-refractivity contribution in [3.63, 3.8) is 0 Å². The summed E-state index contributed by atoms with van der Waals surface area (Å²) >= 11 is 0. The van der Waals surface area contributed by atoms with Gasteiger partial charge in [0, 0.05) is 19.7 Å². The van der Waals surface area contributed by atoms with E-state index in [1.807, 2.05) is 20.8 Å². The largest absolute Gasteiger partial charge is 0.444 e. The minimum absolute atomic E-state index is 0.216. The van der Waals surface area contributed by atoms with Crippen LogP contribution >= 0.6 is 0 Å². The van der Waals surface area contributed by atoms with Gasteiger partial charge in [0.25, 0.3) is 0 Å². The Kier molecular flexibility index (Phi) is 4.80. The van der Waals surface area contributed by atoms with Gasteiger partial charge in [-0.15, -0.1) is 0 Å². The standard InChI is InChI=1S/C13H25NO3/c1-10-9-14(7-5-11(10)6-8-15)12(16)17-13(2,3)4/h10-11,15H,5-9H2,1-4H3. The Labute approximate surface area is 104 Å². The van der Waals surface area contributed by atoms with E-state index in [4.69, 9.17) is 9.84 Å². The number of aliphatic hydroxyl groups excluding tert-OH is 1. The van der Waals surface area contributed by atoms with E-state index >= 15 is 0 Å². The highest BCUT2D eigenvalue weighted by molar-refractivity contribution is 5.68. The van der Waals surface area contributed by atoms with Crippen molar-refractivity contribution < 1.29 is 14.6 Å². The number of hydrogen-bond acceptors (Lipinski definition) is 3. The number of rotatable bonds is 2. The summed E-state index contributed by atoms with van der Waals surface area (Å²) in [5.41, 5.74) is -0.428. The normalized spacial score (nSPS) is 25.8. The molecule has 0 aromatic carbocycles. The van der Waals surface area contributed by atoms with Crippen LogP contribution in [0.2, 0.25) is 0 Å². The lowest BCUT2D eigenvalue weighted by molar-refractivity contribution is 0.0101. The van der Waals surface area contributed by atoms with Crippen LogP contribution in [-0.2, 0) is 4.74 Å². The highest BCUT2D eigenvalue weighted by Crippen LogP contribution is 2.26. The van der Waals surface area contributed by atoms with Gasteiger partial charge in [-0.25, -0.2) is 4.79 Å². The fourth-order valence-electron chi connectivity index (χ4n) is 2.28. The average Bonchev–Trinajstić information content (AvgIpc) is 2.18. The lowest BCUT2D eigenvalue weighted by atomic mass is 9.85. The summed E-state index contributed by atoms with van der Waals surface area (Å²) in [4.78, 5) is 13.7. The maximum Gasteiger partial charge on any atom is 0.410 e. The lowest BCUT2D eigenvalue weighted by Gasteiger charge is -2.37. The number of hydrogen-bond donors (Lipinski definition) is 1. The van der Waals surface area contributed by atoms with Gasteiger partial charge in [0.05, 0.1) is 0 Å². The van der Waals surface area contributed by atoms with Crippen LogP contribution < -0.4 is 0 Å². The zero-order valence-electron chi connectivity index (χ0n) is 11.4. The summed E-state index contributed by atoms with van der Waals surface area (Å²) < 4.78 is 5.36. The van der Waals surface area contributed by atoms with E-state index in [0.29, 0.717) is 11.8 Å². The highest BCUT2D eigenvalue weighted by Gasteiger charge is 2.30. The molecular formula is C13H25NO3. The van der Waals surface area contributed by atoms with Crippen molar-refractivity contribution >= 4 is 6.09 Å². The van der Waals surface area contributed by atoms with E-state index in [1.54, 1.807) is 4.90 Å². The van der Waals surface area contributed by atoms with Crippen molar-refractivity contribution in [1.82, 2.24) is 4.90 Å². The van der Waals surface area contributed by atoms with Crippen LogP contribution in [0.15, 0.2) is 0 Å². The molecule has 1 N–H and O–H groups in total. The summed E-state index contributed by atoms with van der Waals surface area (Å²) in [5.74, 6) is 0.960. The van der Waals surface area contributed by atoms with E-state index < -0.39 is 5.60 Å². The summed E-state index contributed by atoms with van der Waals surface area (Å²) in [6.07, 6.45) is 1.58. The summed E-state index contributed by atoms with van der Waals surface area (Å²) in [6.45, 7) is 9.49. The number of carbonyl (C=O) groups excluding carboxylic acids is 1. The Morgan fingerprint density at radius 2 is 2.12 bits per heavy atom. The van der Waals surface area contributed by atoms with Crippen molar-refractivity contribution in [2.24, 2.45) is 11.8 Å². The zero-order chi connectivity index (χ0) is 13.1. The molecule has 1 heterocycles. The third-order valence-corrected chi connectivity index (χ3v) is 3.23. The van der Waals surface area contributed by atoms with E-state index in [2.05, 4.69) is 6.92 Å². The van der Waals surface area contributed by atoms with Crippen molar-refractivity contribution in [3.8, 4) is 0 Å². The molecule has 1 saturated heterocycles. The number of piperidine rings is 1. The van der Waals surface area contributed by atoms with Crippen LogP contribution in [0.5, 0.6) is 0 Å². The molecular weight excluding hydrogens is 218 g/mol. The van der Waals surface area contributed by atoms with Gasteiger partial charge in [-0.05, 0) is 45.4 Å². The number of likely N-dealkylation sites (tertiary alicyclic amines) is 1. The van der Waals surface area contributed by atoms with Crippen LogP contribution in [0, 0.1) is 11.8 Å². The van der Waals surface area contributed by atoms with E-state index in [-0.39, 0.29) is 12.7 Å². The van der Waals surface area contributed by atoms with Gasteiger partial charge in [0.15, 0.2) is 0 Å². The molecule has 1 aliphatic rings. The van der Waals surface area contributed by atoms with Crippen LogP contribution in [0.3, 0.4) is 0 Å². The van der Waals surface area contributed by atoms with Crippen LogP contribution in [0.4, 0.5) is 4.79 Å². The molecule has 1 amide bonds. The Hall–Kier alpha value is -0.770. The molecule has 0 saturated carbocycles. The van der Waals surface area contributed by atoms with Crippen molar-refractivity contribution in [1.29, 1.82) is 0 Å². The number of nitrogens with zero attached hydrogens (tertiary/aromatic N) is 1. The topological polar surface area (TPSA) is 49.8 Å². The third-order valence-electron chi connectivity index (χ3n) is 3.23. The number of amides is 1. The molecule has 0 radical (unpaired) electrons. The van der Waals surface area contributed by atoms with E-state index in [0.717, 1.165) is 25.9 Å². The summed E-state index contributed by atoms with van der Waals surface area (Å²) in [7, 11) is 0. The predicted octanol–water partition coefficient (Wildman–Crippen LogP) is 2.26. The first-order chi connectivity index (χ1) is 7.83. The van der Waals surface area contributed by atoms with Crippen molar-refractivity contribution in [3.05, 3.63) is 0 Å². The maximum atomic E-state index is 11.9. The Balaban J connectivity index is 2.46. The first kappa shape index (κ1) is 14.3. The van der Waals surface area contributed by atoms with Crippen LogP contribution in [0.1, 0.15) is 40.5 Å². The van der Waals surface area contributed by atoms with Gasteiger partial charge in [-0.2, -0.15) is 0 Å². The fourth-order valence-corrected chi connectivity index (χ4v) is 2.28. The molecule has 100 valence electrons. The third kappa shape index (κ3) is 4.54. The molecule has 2 unspecified atom stereocenters. The zero-order valence-corrected chi connectivity index (χ0v) is 11.4. The molecule has 4 heteroatoms. The van der Waals surface area contributed by atoms with Gasteiger partial charge < -0.3 is 14.7 Å². The average molecular weight is 243 g/mol. The first-order valence-corrected chi connectivity index (χ1v) is 6.42. The lowest BCUT2D eigenvalue weighted by Crippen LogP contribution is -2.45. The van der Waals surface area contributed by atoms with Gasteiger partial charge in [0.1, 0.15) is 5.60 Å². The molecule has 1 aliphatic heterocycles. The fraction of sp³-hybridized carbons (Fsp3) is 0.923. The predicted molar refractivity (Wildman–Crippen MR) is 66.8 cm³/mol. The van der Waals surface area contributed by atoms with Crippen molar-refractivity contribution in [2.75, 3.05) is 19.7 Å². The van der Waals surface area contributed by atoms with E-state index in [1.165, 1.54) is 0 Å². The molecule has 4 nitrogen and oxygen atoms in total. The monoisotopic (exact) mass is 243 g/mol. The van der Waals surface area contributed by atoms with Gasteiger partial charge in [-0.1, -0.05) is 6.92 Å². The van der Waals surface area contributed by atoms with Crippen molar-refractivity contribution in [2.45, 2.75) is 46.1 Å². The second kappa shape index (κ2) is 5.71. The van der Waals surface area contributed by atoms with Crippen LogP contribution in [0.25, 0.3) is 0 Å². The number of carbonyl (C=O) groups is 1. The molecule has 0 bridgehead atoms. The molecule has 0 aromatic rings. The second-order valence-corrected chi connectivity index (χ2v) is 5.96. The summed E-state index contributed by atoms with van der Waals surface area (Å²) in [5, 5.41) is 8.96. The molecule has 17 heavy (non-hydrogen) atoms. The molecule has 0 aromatic heterocycles. The minimum atomic E-state index is -0.428. The van der Waals surface area contributed by atoms with Gasteiger partial charge in [-0.3, -0.25) is 0 Å². The Morgan fingerprint density at radius 1 is 1.47 bits per heavy atom. The highest BCUT2D eigenvalue weighted by atomic mass is 16.6. The quantitative estimate of drug-likeness (QED) is 0.809. The van der Waals surface area contributed by atoms with Gasteiger partial charge >= 0.3 is 6.09 Å². The van der Waals surface area contributed by atoms with Gasteiger partial charge in [0.2, 0.25) is 0 Å². The molecule has 2 atom stereocenters.